The predicted octanol–water partition coefficient (Wildman–Crippen LogP) is 1.24. The molecule has 7 heteroatoms. The van der Waals surface area contributed by atoms with Crippen LogP contribution >= 0.6 is 0 Å². The first kappa shape index (κ1) is 16.5. The van der Waals surface area contributed by atoms with Crippen LogP contribution in [0.5, 0.6) is 0 Å². The maximum absolute atomic E-state index is 12.6. The Balaban J connectivity index is 2.06. The summed E-state index contributed by atoms with van der Waals surface area (Å²) in [6.45, 7) is 6.60. The van der Waals surface area contributed by atoms with Crippen LogP contribution in [-0.4, -0.2) is 36.8 Å². The number of nitrogens with one attached hydrogen (secondary N) is 2. The summed E-state index contributed by atoms with van der Waals surface area (Å²) in [7, 11) is -1.72. The highest BCUT2D eigenvalue weighted by atomic mass is 32.2. The highest BCUT2D eigenvalue weighted by Crippen LogP contribution is 2.23. The fraction of sp³-hybridized carbons (Fsp3) is 0.786. The summed E-state index contributed by atoms with van der Waals surface area (Å²) in [5, 5.41) is 7.62. The second kappa shape index (κ2) is 6.46. The summed E-state index contributed by atoms with van der Waals surface area (Å²) in [4.78, 5) is 0.332. The molecule has 120 valence electrons. The van der Waals surface area contributed by atoms with Gasteiger partial charge < -0.3 is 5.32 Å². The van der Waals surface area contributed by atoms with E-state index in [0.29, 0.717) is 22.3 Å². The molecule has 1 saturated carbocycles. The molecule has 2 rings (SSSR count). The monoisotopic (exact) mass is 314 g/mol. The van der Waals surface area contributed by atoms with Gasteiger partial charge in [0.15, 0.2) is 0 Å². The minimum absolute atomic E-state index is 0.0314. The number of hydrogen-bond acceptors (Lipinski definition) is 4. The third-order valence-electron chi connectivity index (χ3n) is 4.25. The Morgan fingerprint density at radius 3 is 2.24 bits per heavy atom. The molecular weight excluding hydrogens is 288 g/mol. The molecular formula is C14H26N4O2S. The van der Waals surface area contributed by atoms with E-state index < -0.39 is 10.0 Å². The molecule has 1 aliphatic carbocycles. The molecule has 21 heavy (non-hydrogen) atoms. The average Bonchev–Trinajstić information content (AvgIpc) is 2.66. The molecule has 1 fully saturated rings. The smallest absolute Gasteiger partial charge is 0.244 e. The van der Waals surface area contributed by atoms with Gasteiger partial charge in [-0.1, -0.05) is 6.92 Å². The summed E-state index contributed by atoms with van der Waals surface area (Å²) in [5.74, 6) is 0. The van der Waals surface area contributed by atoms with Gasteiger partial charge in [-0.05, 0) is 46.1 Å². The van der Waals surface area contributed by atoms with Crippen molar-refractivity contribution in [3.05, 3.63) is 11.4 Å². The molecule has 2 N–H and O–H groups in total. The zero-order valence-electron chi connectivity index (χ0n) is 13.3. The molecule has 6 nitrogen and oxygen atoms in total. The van der Waals surface area contributed by atoms with Crippen LogP contribution < -0.4 is 10.0 Å². The zero-order chi connectivity index (χ0) is 15.6. The van der Waals surface area contributed by atoms with Crippen molar-refractivity contribution in [1.82, 2.24) is 19.8 Å². The highest BCUT2D eigenvalue weighted by Gasteiger charge is 2.29. The van der Waals surface area contributed by atoms with E-state index in [1.54, 1.807) is 25.6 Å². The molecule has 1 aliphatic rings. The number of sulfonamides is 1. The van der Waals surface area contributed by atoms with Crippen LogP contribution in [0, 0.1) is 13.8 Å². The topological polar surface area (TPSA) is 76.0 Å². The van der Waals surface area contributed by atoms with Crippen molar-refractivity contribution >= 4 is 10.0 Å². The summed E-state index contributed by atoms with van der Waals surface area (Å²) in [6.07, 6.45) is 3.81. The van der Waals surface area contributed by atoms with Crippen LogP contribution in [0.4, 0.5) is 0 Å². The first-order chi connectivity index (χ1) is 9.85. The van der Waals surface area contributed by atoms with Gasteiger partial charge in [0.1, 0.15) is 4.90 Å². The van der Waals surface area contributed by atoms with E-state index in [1.807, 2.05) is 0 Å². The van der Waals surface area contributed by atoms with Crippen LogP contribution in [-0.2, 0) is 17.1 Å². The Kier molecular flexibility index (Phi) is 5.06. The van der Waals surface area contributed by atoms with Crippen molar-refractivity contribution in [3.8, 4) is 0 Å². The Bertz CT molecular complexity index is 586. The Hall–Kier alpha value is -0.920. The van der Waals surface area contributed by atoms with Crippen LogP contribution in [0.25, 0.3) is 0 Å². The zero-order valence-corrected chi connectivity index (χ0v) is 14.1. The van der Waals surface area contributed by atoms with E-state index in [-0.39, 0.29) is 6.04 Å². The lowest BCUT2D eigenvalue weighted by atomic mass is 9.92. The summed E-state index contributed by atoms with van der Waals surface area (Å²) in [5.41, 5.74) is 1.24. The number of aromatic nitrogens is 2. The van der Waals surface area contributed by atoms with Crippen molar-refractivity contribution in [3.63, 3.8) is 0 Å². The molecule has 0 aromatic carbocycles. The fourth-order valence-electron chi connectivity index (χ4n) is 3.13. The minimum Gasteiger partial charge on any atom is -0.314 e. The first-order valence-corrected chi connectivity index (χ1v) is 9.09. The number of hydrogen-bond donors (Lipinski definition) is 2. The molecule has 0 saturated heterocycles. The quantitative estimate of drug-likeness (QED) is 0.857. The van der Waals surface area contributed by atoms with E-state index in [1.165, 1.54) is 0 Å². The van der Waals surface area contributed by atoms with Gasteiger partial charge in [0.2, 0.25) is 10.0 Å². The number of aryl methyl sites for hydroxylation is 2. The standard InChI is InChI=1S/C14H26N4O2S/c1-5-15-12-6-8-13(9-7-12)17-21(19,20)14-10(2)16-18(4)11(14)3/h12-13,15,17H,5-9H2,1-4H3. The summed E-state index contributed by atoms with van der Waals surface area (Å²) < 4.78 is 29.6. The second-order valence-electron chi connectivity index (χ2n) is 5.85. The van der Waals surface area contributed by atoms with Gasteiger partial charge in [0.25, 0.3) is 0 Å². The molecule has 1 heterocycles. The average molecular weight is 314 g/mol. The van der Waals surface area contributed by atoms with E-state index in [9.17, 15) is 8.42 Å². The van der Waals surface area contributed by atoms with Gasteiger partial charge in [-0.3, -0.25) is 4.68 Å². The lowest BCUT2D eigenvalue weighted by Gasteiger charge is -2.29. The number of rotatable bonds is 5. The third-order valence-corrected chi connectivity index (χ3v) is 6.03. The maximum Gasteiger partial charge on any atom is 0.244 e. The molecule has 0 atom stereocenters. The van der Waals surface area contributed by atoms with Gasteiger partial charge in [-0.15, -0.1) is 0 Å². The molecule has 0 aliphatic heterocycles. The second-order valence-corrected chi connectivity index (χ2v) is 7.50. The number of nitrogens with zero attached hydrogens (tertiary/aromatic N) is 2. The van der Waals surface area contributed by atoms with Crippen LogP contribution in [0.15, 0.2) is 4.90 Å². The van der Waals surface area contributed by atoms with E-state index in [4.69, 9.17) is 0 Å². The molecule has 1 aromatic heterocycles. The first-order valence-electron chi connectivity index (χ1n) is 7.61. The van der Waals surface area contributed by atoms with Crippen LogP contribution in [0.2, 0.25) is 0 Å². The summed E-state index contributed by atoms with van der Waals surface area (Å²) in [6, 6.07) is 0.557. The lowest BCUT2D eigenvalue weighted by Crippen LogP contribution is -2.42. The van der Waals surface area contributed by atoms with Gasteiger partial charge >= 0.3 is 0 Å². The molecule has 0 bridgehead atoms. The largest absolute Gasteiger partial charge is 0.314 e. The van der Waals surface area contributed by atoms with E-state index in [2.05, 4.69) is 22.1 Å². The van der Waals surface area contributed by atoms with Crippen molar-refractivity contribution in [2.75, 3.05) is 6.54 Å². The third kappa shape index (κ3) is 3.64. The SMILES string of the molecule is CCNC1CCC(NS(=O)(=O)c2c(C)nn(C)c2C)CC1. The summed E-state index contributed by atoms with van der Waals surface area (Å²) >= 11 is 0. The van der Waals surface area contributed by atoms with Gasteiger partial charge in [-0.25, -0.2) is 13.1 Å². The van der Waals surface area contributed by atoms with Crippen molar-refractivity contribution in [2.24, 2.45) is 7.05 Å². The maximum atomic E-state index is 12.6. The molecule has 0 unspecified atom stereocenters. The predicted molar refractivity (Wildman–Crippen MR) is 82.7 cm³/mol. The van der Waals surface area contributed by atoms with Gasteiger partial charge in [0.05, 0.1) is 11.4 Å². The lowest BCUT2D eigenvalue weighted by molar-refractivity contribution is 0.333. The van der Waals surface area contributed by atoms with Crippen molar-refractivity contribution in [1.29, 1.82) is 0 Å². The van der Waals surface area contributed by atoms with Gasteiger partial charge in [0, 0.05) is 19.1 Å². The van der Waals surface area contributed by atoms with Crippen LogP contribution in [0.1, 0.15) is 44.0 Å². The molecule has 0 spiro atoms. The normalized spacial score (nSPS) is 23.4. The van der Waals surface area contributed by atoms with Crippen molar-refractivity contribution < 1.29 is 8.42 Å². The van der Waals surface area contributed by atoms with E-state index >= 15 is 0 Å². The minimum atomic E-state index is -3.48. The molecule has 0 radical (unpaired) electrons. The molecule has 1 aromatic rings. The molecule has 0 amide bonds. The van der Waals surface area contributed by atoms with Crippen molar-refractivity contribution in [2.45, 2.75) is 63.4 Å². The fourth-order valence-corrected chi connectivity index (χ4v) is 4.87. The van der Waals surface area contributed by atoms with Crippen LogP contribution in [0.3, 0.4) is 0 Å². The van der Waals surface area contributed by atoms with Gasteiger partial charge in [-0.2, -0.15) is 5.10 Å². The van der Waals surface area contributed by atoms with E-state index in [0.717, 1.165) is 32.2 Å². The Labute approximate surface area is 127 Å². The highest BCUT2D eigenvalue weighted by molar-refractivity contribution is 7.89. The Morgan fingerprint density at radius 1 is 1.19 bits per heavy atom. The Morgan fingerprint density at radius 2 is 1.76 bits per heavy atom.